The lowest BCUT2D eigenvalue weighted by atomic mass is 9.96. The second-order valence-electron chi connectivity index (χ2n) is 7.59. The van der Waals surface area contributed by atoms with Crippen molar-refractivity contribution in [2.75, 3.05) is 0 Å². The van der Waals surface area contributed by atoms with Crippen molar-refractivity contribution in [3.63, 3.8) is 0 Å². The smallest absolute Gasteiger partial charge is 0.273 e. The van der Waals surface area contributed by atoms with E-state index < -0.39 is 23.0 Å². The van der Waals surface area contributed by atoms with E-state index in [1.54, 1.807) is 0 Å². The number of carbonyl (C=O) groups excluding carboxylic acids is 1. The molecule has 0 saturated carbocycles. The molecule has 1 aliphatic rings. The van der Waals surface area contributed by atoms with Gasteiger partial charge < -0.3 is 0 Å². The molecule has 27 heavy (non-hydrogen) atoms. The lowest BCUT2D eigenvalue weighted by Crippen LogP contribution is -2.42. The van der Waals surface area contributed by atoms with Crippen LogP contribution in [0.2, 0.25) is 0 Å². The van der Waals surface area contributed by atoms with Crippen LogP contribution in [0.3, 0.4) is 0 Å². The van der Waals surface area contributed by atoms with Gasteiger partial charge in [-0.15, -0.1) is 0 Å². The molecule has 1 atom stereocenters. The highest BCUT2D eigenvalue weighted by atomic mass is 127. The average Bonchev–Trinajstić information content (AvgIpc) is 2.85. The summed E-state index contributed by atoms with van der Waals surface area (Å²) in [5.41, 5.74) is 1.86. The molecule has 2 heterocycles. The number of aromatic nitrogens is 2. The fourth-order valence-corrected chi connectivity index (χ4v) is 4.01. The van der Waals surface area contributed by atoms with Gasteiger partial charge in [0, 0.05) is 18.2 Å². The summed E-state index contributed by atoms with van der Waals surface area (Å²) in [6.45, 7) is 9.59. The fraction of sp³-hybridized carbons (Fsp3) is 0.421. The maximum Gasteiger partial charge on any atom is 0.330 e. The second kappa shape index (κ2) is 6.90. The minimum absolute atomic E-state index is 0.232. The molecule has 1 aromatic heterocycles. The first kappa shape index (κ1) is 19.8. The van der Waals surface area contributed by atoms with Gasteiger partial charge in [-0.3, -0.25) is 19.1 Å². The first-order valence-corrected chi connectivity index (χ1v) is 9.69. The van der Waals surface area contributed by atoms with Crippen LogP contribution in [0, 0.1) is 24.3 Å². The number of carbonyl (C=O) groups is 1. The molecule has 7 nitrogen and oxygen atoms in total. The molecule has 2 aromatic rings. The van der Waals surface area contributed by atoms with E-state index in [0.717, 1.165) is 16.7 Å². The molecule has 1 N–H and O–H groups in total. The highest BCUT2D eigenvalue weighted by Crippen LogP contribution is 2.38. The quantitative estimate of drug-likeness (QED) is 0.667. The summed E-state index contributed by atoms with van der Waals surface area (Å²) in [4.78, 5) is 45.3. The molecular weight excluding hydrogens is 461 g/mol. The number of hydroxylamine groups is 2. The maximum absolute atomic E-state index is 13.3. The fourth-order valence-electron chi connectivity index (χ4n) is 3.58. The van der Waals surface area contributed by atoms with E-state index in [-0.39, 0.29) is 5.91 Å². The largest absolute Gasteiger partial charge is 0.330 e. The molecule has 0 spiro atoms. The summed E-state index contributed by atoms with van der Waals surface area (Å²) in [5, 5.41) is 1.35. The molecular formula is C19H22IN3O4. The van der Waals surface area contributed by atoms with Crippen molar-refractivity contribution in [1.82, 2.24) is 14.6 Å². The van der Waals surface area contributed by atoms with Crippen LogP contribution < -0.4 is 11.2 Å². The molecule has 3 rings (SSSR count). The number of rotatable bonds is 2. The Morgan fingerprint density at radius 1 is 1.22 bits per heavy atom. The number of nitrogens with one attached hydrogen (secondary N) is 1. The van der Waals surface area contributed by atoms with Crippen molar-refractivity contribution in [2.45, 2.75) is 52.8 Å². The van der Waals surface area contributed by atoms with Crippen LogP contribution in [0.25, 0.3) is 0 Å². The normalized spacial score (nSPS) is 18.7. The number of hydrogen-bond acceptors (Lipinski definition) is 4. The second-order valence-corrected chi connectivity index (χ2v) is 8.76. The van der Waals surface area contributed by atoms with E-state index in [0.29, 0.717) is 15.6 Å². The van der Waals surface area contributed by atoms with Gasteiger partial charge in [-0.2, -0.15) is 0 Å². The summed E-state index contributed by atoms with van der Waals surface area (Å²) in [7, 11) is 0. The molecule has 1 unspecified atom stereocenters. The maximum atomic E-state index is 13.3. The van der Waals surface area contributed by atoms with Crippen LogP contribution in [0.1, 0.15) is 53.5 Å². The Hall–Kier alpha value is -1.94. The van der Waals surface area contributed by atoms with Crippen molar-refractivity contribution in [1.29, 1.82) is 0 Å². The molecule has 8 heteroatoms. The summed E-state index contributed by atoms with van der Waals surface area (Å²) in [6, 6.07) is 3.94. The summed E-state index contributed by atoms with van der Waals surface area (Å²) >= 11 is 1.86. The predicted octanol–water partition coefficient (Wildman–Crippen LogP) is 2.82. The van der Waals surface area contributed by atoms with E-state index in [9.17, 15) is 14.4 Å². The average molecular weight is 483 g/mol. The third-order valence-electron chi connectivity index (χ3n) is 4.76. The predicted molar refractivity (Wildman–Crippen MR) is 110 cm³/mol. The van der Waals surface area contributed by atoms with E-state index in [1.807, 2.05) is 69.3 Å². The molecule has 1 aromatic carbocycles. The zero-order valence-corrected chi connectivity index (χ0v) is 18.1. The Morgan fingerprint density at radius 3 is 2.41 bits per heavy atom. The number of halogens is 1. The van der Waals surface area contributed by atoms with Gasteiger partial charge in [0.1, 0.15) is 0 Å². The van der Waals surface area contributed by atoms with Gasteiger partial charge in [-0.1, -0.05) is 17.7 Å². The molecule has 1 fully saturated rings. The van der Waals surface area contributed by atoms with Crippen LogP contribution in [-0.2, 0) is 4.84 Å². The standard InChI is InChI=1S/C19H22IN3O4/c1-10-6-11(2)15(12(3)7-10)17(25)23-19(4,5)8-14(27-23)22-9-13(20)16(24)21-18(22)26/h6-7,9,14H,8H2,1-5H3,(H,21,24,26). The Morgan fingerprint density at radius 2 is 1.81 bits per heavy atom. The van der Waals surface area contributed by atoms with Crippen molar-refractivity contribution in [2.24, 2.45) is 0 Å². The molecule has 1 saturated heterocycles. The molecule has 0 bridgehead atoms. The van der Waals surface area contributed by atoms with Crippen LogP contribution in [0.5, 0.6) is 0 Å². The van der Waals surface area contributed by atoms with E-state index in [4.69, 9.17) is 4.84 Å². The van der Waals surface area contributed by atoms with Crippen molar-refractivity contribution in [3.8, 4) is 0 Å². The number of H-pyrrole nitrogens is 1. The Balaban J connectivity index is 1.99. The minimum Gasteiger partial charge on any atom is -0.273 e. The van der Waals surface area contributed by atoms with Crippen molar-refractivity contribution >= 4 is 28.5 Å². The topological polar surface area (TPSA) is 84.4 Å². The van der Waals surface area contributed by atoms with Gasteiger partial charge in [0.15, 0.2) is 6.23 Å². The van der Waals surface area contributed by atoms with Gasteiger partial charge in [0.05, 0.1) is 9.11 Å². The lowest BCUT2D eigenvalue weighted by molar-refractivity contribution is -0.163. The van der Waals surface area contributed by atoms with E-state index >= 15 is 0 Å². The number of aryl methyl sites for hydroxylation is 3. The number of aromatic amines is 1. The summed E-state index contributed by atoms with van der Waals surface area (Å²) < 4.78 is 1.70. The van der Waals surface area contributed by atoms with Gasteiger partial charge in [-0.05, 0) is 68.3 Å². The third-order valence-corrected chi connectivity index (χ3v) is 5.53. The summed E-state index contributed by atoms with van der Waals surface area (Å²) in [6.07, 6.45) is 1.21. The van der Waals surface area contributed by atoms with E-state index in [1.165, 1.54) is 15.8 Å². The number of amides is 1. The van der Waals surface area contributed by atoms with Crippen LogP contribution in [0.15, 0.2) is 27.9 Å². The first-order chi connectivity index (χ1) is 12.5. The first-order valence-electron chi connectivity index (χ1n) is 8.61. The molecule has 144 valence electrons. The third kappa shape index (κ3) is 3.60. The molecule has 1 aliphatic heterocycles. The highest BCUT2D eigenvalue weighted by molar-refractivity contribution is 14.1. The minimum atomic E-state index is -0.673. The van der Waals surface area contributed by atoms with Gasteiger partial charge >= 0.3 is 5.69 Å². The van der Waals surface area contributed by atoms with E-state index in [2.05, 4.69) is 4.98 Å². The molecule has 0 radical (unpaired) electrons. The van der Waals surface area contributed by atoms with Crippen molar-refractivity contribution in [3.05, 3.63) is 65.0 Å². The highest BCUT2D eigenvalue weighted by Gasteiger charge is 2.45. The monoisotopic (exact) mass is 483 g/mol. The zero-order valence-electron chi connectivity index (χ0n) is 15.9. The SMILES string of the molecule is Cc1cc(C)c(C(=O)N2OC(n3cc(I)c(=O)[nH]c3=O)CC2(C)C)c(C)c1. The molecule has 0 aliphatic carbocycles. The molecule has 1 amide bonds. The number of hydrogen-bond donors (Lipinski definition) is 1. The van der Waals surface area contributed by atoms with Gasteiger partial charge in [0.25, 0.3) is 11.5 Å². The van der Waals surface area contributed by atoms with Crippen LogP contribution in [-0.4, -0.2) is 26.1 Å². The lowest BCUT2D eigenvalue weighted by Gasteiger charge is -2.29. The van der Waals surface area contributed by atoms with Crippen LogP contribution in [0.4, 0.5) is 0 Å². The van der Waals surface area contributed by atoms with Crippen LogP contribution >= 0.6 is 22.6 Å². The Kier molecular flexibility index (Phi) is 5.06. The Labute approximate surface area is 170 Å². The number of benzene rings is 1. The Bertz CT molecular complexity index is 1010. The van der Waals surface area contributed by atoms with Gasteiger partial charge in [-0.25, -0.2) is 14.7 Å². The summed E-state index contributed by atoms with van der Waals surface area (Å²) in [5.74, 6) is -0.232. The zero-order chi connectivity index (χ0) is 20.1. The van der Waals surface area contributed by atoms with Gasteiger partial charge in [0.2, 0.25) is 0 Å². The van der Waals surface area contributed by atoms with Crippen molar-refractivity contribution < 1.29 is 9.63 Å². The number of nitrogens with zero attached hydrogens (tertiary/aromatic N) is 2.